The van der Waals surface area contributed by atoms with Gasteiger partial charge in [-0.05, 0) is 25.0 Å². The Bertz CT molecular complexity index is 843. The minimum absolute atomic E-state index is 0.560. The summed E-state index contributed by atoms with van der Waals surface area (Å²) in [5.41, 5.74) is 2.11. The van der Waals surface area contributed by atoms with Crippen molar-refractivity contribution in [1.82, 2.24) is 14.6 Å². The average Bonchev–Trinajstić information content (AvgIpc) is 3.07. The van der Waals surface area contributed by atoms with E-state index in [0.717, 1.165) is 24.2 Å². The second-order valence-corrected chi connectivity index (χ2v) is 5.68. The van der Waals surface area contributed by atoms with E-state index in [2.05, 4.69) is 28.3 Å². The number of nitrogens with zero attached hydrogens (tertiary/aromatic N) is 4. The molecule has 0 N–H and O–H groups in total. The van der Waals surface area contributed by atoms with Crippen LogP contribution >= 0.6 is 0 Å². The molecular weight excluding hydrogens is 304 g/mol. The third-order valence-corrected chi connectivity index (χ3v) is 4.01. The number of allylic oxidation sites excluding steroid dienone is 4. The van der Waals surface area contributed by atoms with Crippen molar-refractivity contribution in [3.05, 3.63) is 72.4 Å². The second-order valence-electron chi connectivity index (χ2n) is 5.68. The fourth-order valence-corrected chi connectivity index (χ4v) is 2.76. The van der Waals surface area contributed by atoms with E-state index >= 15 is 0 Å². The van der Waals surface area contributed by atoms with Crippen LogP contribution in [-0.2, 0) is 9.47 Å². The quantitative estimate of drug-likeness (QED) is 0.862. The number of anilines is 1. The second kappa shape index (κ2) is 6.23. The van der Waals surface area contributed by atoms with Crippen molar-refractivity contribution >= 4 is 11.6 Å². The molecular formula is C18H18N4O2. The molecule has 0 saturated carbocycles. The third-order valence-electron chi connectivity index (χ3n) is 4.01. The van der Waals surface area contributed by atoms with Gasteiger partial charge in [-0.3, -0.25) is 4.90 Å². The molecule has 3 heterocycles. The highest BCUT2D eigenvalue weighted by Gasteiger charge is 2.22. The van der Waals surface area contributed by atoms with Crippen molar-refractivity contribution < 1.29 is 9.47 Å². The zero-order valence-electron chi connectivity index (χ0n) is 13.4. The van der Waals surface area contributed by atoms with Gasteiger partial charge in [0, 0.05) is 19.7 Å². The molecule has 6 heteroatoms. The van der Waals surface area contributed by atoms with E-state index in [1.165, 1.54) is 11.8 Å². The summed E-state index contributed by atoms with van der Waals surface area (Å²) in [4.78, 5) is 6.34. The van der Waals surface area contributed by atoms with Crippen molar-refractivity contribution in [3.8, 4) is 0 Å². The van der Waals surface area contributed by atoms with Crippen LogP contribution in [0.2, 0.25) is 0 Å². The molecule has 1 aliphatic heterocycles. The van der Waals surface area contributed by atoms with Crippen molar-refractivity contribution in [2.75, 3.05) is 11.9 Å². The topological polar surface area (TPSA) is 51.9 Å². The number of fused-ring (bicyclic) bond motifs is 1. The summed E-state index contributed by atoms with van der Waals surface area (Å²) in [6.07, 6.45) is 14.2. The molecule has 0 aromatic carbocycles. The van der Waals surface area contributed by atoms with Gasteiger partial charge in [-0.25, -0.2) is 4.52 Å². The van der Waals surface area contributed by atoms with Gasteiger partial charge in [-0.1, -0.05) is 29.9 Å². The maximum Gasteiger partial charge on any atom is 0.252 e. The highest BCUT2D eigenvalue weighted by atomic mass is 16.6. The van der Waals surface area contributed by atoms with Crippen molar-refractivity contribution in [1.29, 1.82) is 0 Å². The van der Waals surface area contributed by atoms with Crippen molar-refractivity contribution in [2.24, 2.45) is 0 Å². The van der Waals surface area contributed by atoms with E-state index in [9.17, 15) is 0 Å². The van der Waals surface area contributed by atoms with Gasteiger partial charge in [0.15, 0.2) is 11.4 Å². The first-order chi connectivity index (χ1) is 11.8. The number of rotatable bonds is 4. The van der Waals surface area contributed by atoms with E-state index in [4.69, 9.17) is 9.47 Å². The van der Waals surface area contributed by atoms with Gasteiger partial charge >= 0.3 is 0 Å². The lowest BCUT2D eigenvalue weighted by Crippen LogP contribution is -2.23. The molecule has 0 radical (unpaired) electrons. The van der Waals surface area contributed by atoms with Gasteiger partial charge in [0.2, 0.25) is 5.88 Å². The minimum Gasteiger partial charge on any atom is -0.460 e. The van der Waals surface area contributed by atoms with E-state index in [-0.39, 0.29) is 0 Å². The molecule has 0 fully saturated rings. The highest BCUT2D eigenvalue weighted by Crippen LogP contribution is 2.28. The molecule has 0 spiro atoms. The summed E-state index contributed by atoms with van der Waals surface area (Å²) in [7, 11) is 1.88. The van der Waals surface area contributed by atoms with Crippen LogP contribution in [0, 0.1) is 0 Å². The number of pyridine rings is 1. The maximum absolute atomic E-state index is 5.72. The van der Waals surface area contributed by atoms with E-state index in [1.54, 1.807) is 10.8 Å². The van der Waals surface area contributed by atoms with Crippen molar-refractivity contribution in [2.45, 2.75) is 19.3 Å². The number of hydrogen-bond donors (Lipinski definition) is 0. The van der Waals surface area contributed by atoms with Gasteiger partial charge < -0.3 is 9.47 Å². The Morgan fingerprint density at radius 2 is 2.17 bits per heavy atom. The number of ether oxygens (including phenoxy) is 2. The molecule has 0 bridgehead atoms. The molecule has 0 amide bonds. The van der Waals surface area contributed by atoms with Gasteiger partial charge in [0.1, 0.15) is 12.5 Å². The maximum atomic E-state index is 5.72. The lowest BCUT2D eigenvalue weighted by molar-refractivity contribution is 0.215. The van der Waals surface area contributed by atoms with Gasteiger partial charge in [0.25, 0.3) is 5.95 Å². The Balaban J connectivity index is 1.65. The zero-order chi connectivity index (χ0) is 16.4. The van der Waals surface area contributed by atoms with Gasteiger partial charge in [0.05, 0.1) is 0 Å². The van der Waals surface area contributed by atoms with Crippen LogP contribution in [0.3, 0.4) is 0 Å². The Hall–Kier alpha value is -3.02. The first-order valence-electron chi connectivity index (χ1n) is 7.92. The standard InChI is InChI=1S/C18H18N4O2/c1-21(18-19-16-9-5-6-10-22(16)20-18)17-15(23-11-12-24-17)13-14-7-3-2-4-8-14/h2-3,5-7,9-12H,4,8,13H2,1H3. The normalized spacial score (nSPS) is 16.8. The van der Waals surface area contributed by atoms with Gasteiger partial charge in [-0.2, -0.15) is 4.98 Å². The Kier molecular flexibility index (Phi) is 3.78. The third kappa shape index (κ3) is 2.78. The van der Waals surface area contributed by atoms with Crippen LogP contribution in [0.25, 0.3) is 5.65 Å². The first-order valence-corrected chi connectivity index (χ1v) is 7.92. The fourth-order valence-electron chi connectivity index (χ4n) is 2.76. The van der Waals surface area contributed by atoms with Crippen LogP contribution in [0.5, 0.6) is 0 Å². The summed E-state index contributed by atoms with van der Waals surface area (Å²) in [5.74, 6) is 1.94. The molecule has 2 aliphatic rings. The largest absolute Gasteiger partial charge is 0.460 e. The Labute approximate surface area is 140 Å². The summed E-state index contributed by atoms with van der Waals surface area (Å²) < 4.78 is 13.2. The lowest BCUT2D eigenvalue weighted by Gasteiger charge is -2.24. The van der Waals surface area contributed by atoms with Crippen LogP contribution in [0.1, 0.15) is 19.3 Å². The lowest BCUT2D eigenvalue weighted by atomic mass is 10.0. The number of aromatic nitrogens is 3. The smallest absolute Gasteiger partial charge is 0.252 e. The molecule has 2 aromatic heterocycles. The molecule has 0 atom stereocenters. The Morgan fingerprint density at radius 1 is 1.25 bits per heavy atom. The molecule has 0 unspecified atom stereocenters. The van der Waals surface area contributed by atoms with Crippen LogP contribution < -0.4 is 4.90 Å². The fraction of sp³-hybridized carbons (Fsp3) is 0.222. The molecule has 2 aromatic rings. The molecule has 1 aliphatic carbocycles. The van der Waals surface area contributed by atoms with Crippen LogP contribution in [0.4, 0.5) is 5.95 Å². The monoisotopic (exact) mass is 322 g/mol. The van der Waals surface area contributed by atoms with Crippen molar-refractivity contribution in [3.63, 3.8) is 0 Å². The number of hydrogen-bond acceptors (Lipinski definition) is 5. The highest BCUT2D eigenvalue weighted by molar-refractivity contribution is 5.47. The molecule has 24 heavy (non-hydrogen) atoms. The summed E-state index contributed by atoms with van der Waals surface area (Å²) in [5, 5.41) is 4.48. The van der Waals surface area contributed by atoms with Crippen LogP contribution in [-0.4, -0.2) is 21.6 Å². The van der Waals surface area contributed by atoms with Gasteiger partial charge in [-0.15, -0.1) is 5.10 Å². The zero-order valence-corrected chi connectivity index (χ0v) is 13.4. The van der Waals surface area contributed by atoms with E-state index < -0.39 is 0 Å². The molecule has 4 rings (SSSR count). The average molecular weight is 322 g/mol. The van der Waals surface area contributed by atoms with E-state index in [0.29, 0.717) is 18.3 Å². The molecule has 6 nitrogen and oxygen atoms in total. The SMILES string of the molecule is CN(C1=C(CC2=CC=CCC2)OC=CO1)c1nc2ccccn2n1. The summed E-state index contributed by atoms with van der Waals surface area (Å²) >= 11 is 0. The summed E-state index contributed by atoms with van der Waals surface area (Å²) in [6.45, 7) is 0. The summed E-state index contributed by atoms with van der Waals surface area (Å²) in [6, 6.07) is 5.77. The Morgan fingerprint density at radius 3 is 3.00 bits per heavy atom. The van der Waals surface area contributed by atoms with Crippen LogP contribution in [0.15, 0.2) is 72.4 Å². The predicted molar refractivity (Wildman–Crippen MR) is 90.8 cm³/mol. The molecule has 0 saturated heterocycles. The first kappa shape index (κ1) is 14.6. The minimum atomic E-state index is 0.560. The predicted octanol–water partition coefficient (Wildman–Crippen LogP) is 3.52. The molecule has 122 valence electrons. The van der Waals surface area contributed by atoms with E-state index in [1.807, 2.05) is 36.3 Å².